The Bertz CT molecular complexity index is 505. The minimum Gasteiger partial charge on any atom is -0.324 e. The minimum atomic E-state index is -0.171. The van der Waals surface area contributed by atoms with Crippen LogP contribution in [-0.4, -0.2) is 11.9 Å². The van der Waals surface area contributed by atoms with E-state index in [2.05, 4.69) is 36.6 Å². The number of nitrogens with one attached hydrogen (secondary N) is 2. The number of fused-ring (bicyclic) bond motifs is 1. The first kappa shape index (κ1) is 11.7. The molecule has 3 heteroatoms. The van der Waals surface area contributed by atoms with Gasteiger partial charge < -0.3 is 5.32 Å². The average Bonchev–Trinajstić information content (AvgIpc) is 3.11. The van der Waals surface area contributed by atoms with Gasteiger partial charge >= 0.3 is 0 Å². The van der Waals surface area contributed by atoms with E-state index in [9.17, 15) is 4.79 Å². The van der Waals surface area contributed by atoms with Crippen LogP contribution >= 0.6 is 0 Å². The summed E-state index contributed by atoms with van der Waals surface area (Å²) in [6.07, 6.45) is 2.59. The number of hydrogen-bond acceptors (Lipinski definition) is 2. The van der Waals surface area contributed by atoms with Gasteiger partial charge in [-0.2, -0.15) is 0 Å². The lowest BCUT2D eigenvalue weighted by Gasteiger charge is -2.19. The van der Waals surface area contributed by atoms with Crippen molar-refractivity contribution >= 4 is 11.6 Å². The summed E-state index contributed by atoms with van der Waals surface area (Å²) >= 11 is 0. The van der Waals surface area contributed by atoms with Crippen molar-refractivity contribution in [3.8, 4) is 0 Å². The molecule has 1 aliphatic carbocycles. The lowest BCUT2D eigenvalue weighted by atomic mass is 9.98. The van der Waals surface area contributed by atoms with Crippen molar-refractivity contribution in [2.24, 2.45) is 5.92 Å². The van der Waals surface area contributed by atoms with Gasteiger partial charge in [-0.1, -0.05) is 12.1 Å². The second-order valence-corrected chi connectivity index (χ2v) is 5.70. The van der Waals surface area contributed by atoms with Crippen molar-refractivity contribution < 1.29 is 4.79 Å². The van der Waals surface area contributed by atoms with E-state index in [-0.39, 0.29) is 11.9 Å². The summed E-state index contributed by atoms with van der Waals surface area (Å²) < 4.78 is 0. The molecule has 1 aromatic carbocycles. The zero-order valence-electron chi connectivity index (χ0n) is 11.2. The highest BCUT2D eigenvalue weighted by Crippen LogP contribution is 2.38. The van der Waals surface area contributed by atoms with Crippen molar-refractivity contribution in [2.45, 2.75) is 45.7 Å². The molecule has 2 unspecified atom stereocenters. The van der Waals surface area contributed by atoms with E-state index < -0.39 is 0 Å². The molecular weight excluding hydrogens is 224 g/mol. The van der Waals surface area contributed by atoms with Crippen LogP contribution in [0.1, 0.15) is 42.5 Å². The fourth-order valence-corrected chi connectivity index (χ4v) is 2.85. The summed E-state index contributed by atoms with van der Waals surface area (Å²) in [6, 6.07) is 4.42. The van der Waals surface area contributed by atoms with Gasteiger partial charge in [0.25, 0.3) is 0 Å². The molecule has 0 saturated heterocycles. The number of rotatable bonds is 3. The molecule has 1 heterocycles. The van der Waals surface area contributed by atoms with Gasteiger partial charge in [0.1, 0.15) is 6.04 Å². The Hall–Kier alpha value is -1.35. The smallest absolute Gasteiger partial charge is 0.246 e. The van der Waals surface area contributed by atoms with Gasteiger partial charge in [-0.25, -0.2) is 0 Å². The molecular formula is C15H20N2O. The molecule has 3 rings (SSSR count). The number of anilines is 1. The lowest BCUT2D eigenvalue weighted by Crippen LogP contribution is -2.36. The number of carbonyl (C=O) groups excluding carboxylic acids is 1. The van der Waals surface area contributed by atoms with Gasteiger partial charge in [-0.3, -0.25) is 10.1 Å². The third kappa shape index (κ3) is 1.83. The summed E-state index contributed by atoms with van der Waals surface area (Å²) in [5.41, 5.74) is 4.50. The Morgan fingerprint density at radius 2 is 1.94 bits per heavy atom. The maximum absolute atomic E-state index is 12.1. The normalized spacial score (nSPS) is 23.7. The molecule has 1 amide bonds. The minimum absolute atomic E-state index is 0.0925. The SMILES string of the molecule is Cc1ccc(C)c2c1NC(=O)C2NC(C)C1CC1. The van der Waals surface area contributed by atoms with E-state index in [1.165, 1.54) is 18.4 Å². The van der Waals surface area contributed by atoms with Crippen molar-refractivity contribution in [1.29, 1.82) is 0 Å². The maximum Gasteiger partial charge on any atom is 0.246 e. The van der Waals surface area contributed by atoms with Gasteiger partial charge in [-0.15, -0.1) is 0 Å². The van der Waals surface area contributed by atoms with Crippen LogP contribution in [0.15, 0.2) is 12.1 Å². The van der Waals surface area contributed by atoms with E-state index in [4.69, 9.17) is 0 Å². The summed E-state index contributed by atoms with van der Waals surface area (Å²) in [6.45, 7) is 6.31. The van der Waals surface area contributed by atoms with Gasteiger partial charge in [0, 0.05) is 17.3 Å². The Morgan fingerprint density at radius 1 is 1.28 bits per heavy atom. The summed E-state index contributed by atoms with van der Waals surface area (Å²) in [4.78, 5) is 12.1. The van der Waals surface area contributed by atoms with Crippen molar-refractivity contribution in [3.63, 3.8) is 0 Å². The highest BCUT2D eigenvalue weighted by Gasteiger charge is 2.37. The molecule has 96 valence electrons. The van der Waals surface area contributed by atoms with Crippen LogP contribution in [0.25, 0.3) is 0 Å². The molecule has 0 spiro atoms. The second kappa shape index (κ2) is 4.09. The van der Waals surface area contributed by atoms with Crippen molar-refractivity contribution in [3.05, 3.63) is 28.8 Å². The van der Waals surface area contributed by atoms with Crippen LogP contribution in [0.3, 0.4) is 0 Å². The summed E-state index contributed by atoms with van der Waals surface area (Å²) in [5.74, 6) is 0.849. The summed E-state index contributed by atoms with van der Waals surface area (Å²) in [5, 5.41) is 6.52. The highest BCUT2D eigenvalue weighted by molar-refractivity contribution is 6.03. The van der Waals surface area contributed by atoms with Crippen LogP contribution in [0.2, 0.25) is 0 Å². The molecule has 18 heavy (non-hydrogen) atoms. The largest absolute Gasteiger partial charge is 0.324 e. The quantitative estimate of drug-likeness (QED) is 0.858. The van der Waals surface area contributed by atoms with Gasteiger partial charge in [-0.05, 0) is 50.7 Å². The van der Waals surface area contributed by atoms with Crippen molar-refractivity contribution in [1.82, 2.24) is 5.32 Å². The van der Waals surface area contributed by atoms with Crippen molar-refractivity contribution in [2.75, 3.05) is 5.32 Å². The molecule has 0 bridgehead atoms. The third-order valence-corrected chi connectivity index (χ3v) is 4.23. The van der Waals surface area contributed by atoms with E-state index >= 15 is 0 Å². The molecule has 1 saturated carbocycles. The van der Waals surface area contributed by atoms with E-state index in [0.29, 0.717) is 6.04 Å². The maximum atomic E-state index is 12.1. The number of amides is 1. The lowest BCUT2D eigenvalue weighted by molar-refractivity contribution is -0.117. The van der Waals surface area contributed by atoms with Crippen LogP contribution in [0, 0.1) is 19.8 Å². The fourth-order valence-electron chi connectivity index (χ4n) is 2.85. The van der Waals surface area contributed by atoms with Gasteiger partial charge in [0.15, 0.2) is 0 Å². The van der Waals surface area contributed by atoms with E-state index in [0.717, 1.165) is 22.7 Å². The monoisotopic (exact) mass is 244 g/mol. The standard InChI is InChI=1S/C15H20N2O/c1-8-4-5-9(2)13-12(8)14(15(18)17-13)16-10(3)11-6-7-11/h4-5,10-11,14,16H,6-7H2,1-3H3,(H,17,18). The first-order valence-corrected chi connectivity index (χ1v) is 6.75. The Balaban J connectivity index is 1.92. The first-order chi connectivity index (χ1) is 8.58. The molecule has 1 aromatic rings. The Labute approximate surface area is 108 Å². The molecule has 2 atom stereocenters. The Kier molecular flexibility index (Phi) is 2.67. The number of carbonyl (C=O) groups is 1. The number of benzene rings is 1. The van der Waals surface area contributed by atoms with E-state index in [1.54, 1.807) is 0 Å². The van der Waals surface area contributed by atoms with Crippen LogP contribution in [0.4, 0.5) is 5.69 Å². The van der Waals surface area contributed by atoms with E-state index in [1.807, 2.05) is 6.92 Å². The number of aryl methyl sites for hydroxylation is 2. The third-order valence-electron chi connectivity index (χ3n) is 4.23. The second-order valence-electron chi connectivity index (χ2n) is 5.70. The van der Waals surface area contributed by atoms with Crippen LogP contribution in [0.5, 0.6) is 0 Å². The molecule has 2 aliphatic rings. The molecule has 1 fully saturated rings. The highest BCUT2D eigenvalue weighted by atomic mass is 16.2. The van der Waals surface area contributed by atoms with Crippen LogP contribution in [-0.2, 0) is 4.79 Å². The summed E-state index contributed by atoms with van der Waals surface area (Å²) in [7, 11) is 0. The predicted octanol–water partition coefficient (Wildman–Crippen LogP) is 2.68. The predicted molar refractivity (Wildman–Crippen MR) is 72.6 cm³/mol. The first-order valence-electron chi connectivity index (χ1n) is 6.75. The molecule has 2 N–H and O–H groups in total. The topological polar surface area (TPSA) is 41.1 Å². The molecule has 0 aromatic heterocycles. The molecule has 0 radical (unpaired) electrons. The zero-order chi connectivity index (χ0) is 12.9. The Morgan fingerprint density at radius 3 is 2.61 bits per heavy atom. The van der Waals surface area contributed by atoms with Gasteiger partial charge in [0.2, 0.25) is 5.91 Å². The van der Waals surface area contributed by atoms with Gasteiger partial charge in [0.05, 0.1) is 0 Å². The fraction of sp³-hybridized carbons (Fsp3) is 0.533. The number of hydrogen-bond donors (Lipinski definition) is 2. The average molecular weight is 244 g/mol. The van der Waals surface area contributed by atoms with Crippen LogP contribution < -0.4 is 10.6 Å². The molecule has 1 aliphatic heterocycles. The molecule has 3 nitrogen and oxygen atoms in total. The zero-order valence-corrected chi connectivity index (χ0v) is 11.2.